The number of amides is 3. The van der Waals surface area contributed by atoms with Crippen LogP contribution in [0, 0.1) is 23.7 Å². The summed E-state index contributed by atoms with van der Waals surface area (Å²) in [6, 6.07) is 8.68. The van der Waals surface area contributed by atoms with Gasteiger partial charge in [-0.3, -0.25) is 24.2 Å². The number of rotatable bonds is 17. The Morgan fingerprint density at radius 3 is 2.37 bits per heavy atom. The molecule has 2 aromatic rings. The molecule has 272 valence electrons. The van der Waals surface area contributed by atoms with Gasteiger partial charge in [0.2, 0.25) is 17.7 Å². The van der Waals surface area contributed by atoms with E-state index in [2.05, 4.69) is 17.2 Å². The summed E-state index contributed by atoms with van der Waals surface area (Å²) in [5.74, 6) is -1.81. The first kappa shape index (κ1) is 40.0. The fraction of sp³-hybridized carbons (Fsp3) is 0.658. The molecule has 3 rings (SSSR count). The van der Waals surface area contributed by atoms with Gasteiger partial charge in [0, 0.05) is 57.4 Å². The number of likely N-dealkylation sites (N-methyl/N-ethyl adjacent to an activating group) is 1. The fourth-order valence-corrected chi connectivity index (χ4v) is 7.05. The first-order valence-corrected chi connectivity index (χ1v) is 17.6. The standard InChI is InChI=1S/C38H59N5O6/c1-11-24(4)34(42(8)37(47)28(23(2)3)21-32(44)38(6,7)39)31(48-9)22-33(45)43-19-13-15-30(43)35(49-10)25(5)36(46)41-27-16-17-29-26(20-27)14-12-18-40-29/h12,14,16-18,20,23-25,28,30-31,34-35H,11,13,15,19,21-22,39H2,1-10H3,(H,41,46). The number of nitrogens with zero attached hydrogens (tertiary/aromatic N) is 3. The number of hydrogen-bond acceptors (Lipinski definition) is 8. The van der Waals surface area contributed by atoms with Crippen molar-refractivity contribution in [2.75, 3.05) is 33.1 Å². The molecule has 2 heterocycles. The summed E-state index contributed by atoms with van der Waals surface area (Å²) in [5.41, 5.74) is 6.55. The van der Waals surface area contributed by atoms with Crippen LogP contribution < -0.4 is 11.1 Å². The molecule has 0 radical (unpaired) electrons. The number of nitrogens with two attached hydrogens (primary N) is 1. The predicted molar refractivity (Wildman–Crippen MR) is 193 cm³/mol. The lowest BCUT2D eigenvalue weighted by atomic mass is 9.83. The first-order chi connectivity index (χ1) is 23.0. The largest absolute Gasteiger partial charge is 0.379 e. The summed E-state index contributed by atoms with van der Waals surface area (Å²) in [6.45, 7) is 13.6. The van der Waals surface area contributed by atoms with Crippen molar-refractivity contribution in [1.82, 2.24) is 14.8 Å². The zero-order chi connectivity index (χ0) is 36.6. The number of carbonyl (C=O) groups excluding carboxylic acids is 4. The lowest BCUT2D eigenvalue weighted by Crippen LogP contribution is -2.54. The molecule has 1 fully saturated rings. The number of ketones is 1. The molecule has 7 atom stereocenters. The molecule has 7 unspecified atom stereocenters. The highest BCUT2D eigenvalue weighted by Gasteiger charge is 2.43. The number of aromatic nitrogens is 1. The lowest BCUT2D eigenvalue weighted by Gasteiger charge is -2.41. The van der Waals surface area contributed by atoms with E-state index in [4.69, 9.17) is 15.2 Å². The average Bonchev–Trinajstić information content (AvgIpc) is 3.55. The molecule has 1 aromatic carbocycles. The molecular weight excluding hydrogens is 622 g/mol. The van der Waals surface area contributed by atoms with Crippen molar-refractivity contribution in [3.63, 3.8) is 0 Å². The van der Waals surface area contributed by atoms with Gasteiger partial charge in [-0.05, 0) is 62.8 Å². The maximum absolute atomic E-state index is 14.1. The minimum Gasteiger partial charge on any atom is -0.379 e. The number of fused-ring (bicyclic) bond motifs is 1. The van der Waals surface area contributed by atoms with E-state index in [9.17, 15) is 19.2 Å². The number of methoxy groups -OCH3 is 2. The van der Waals surface area contributed by atoms with Crippen LogP contribution in [0.15, 0.2) is 36.5 Å². The maximum atomic E-state index is 14.1. The first-order valence-electron chi connectivity index (χ1n) is 17.6. The minimum absolute atomic E-state index is 0.0110. The van der Waals surface area contributed by atoms with E-state index in [0.29, 0.717) is 18.7 Å². The monoisotopic (exact) mass is 681 g/mol. The number of pyridine rings is 1. The van der Waals surface area contributed by atoms with Crippen molar-refractivity contribution in [2.45, 2.75) is 110 Å². The smallest absolute Gasteiger partial charge is 0.229 e. The maximum Gasteiger partial charge on any atom is 0.229 e. The van der Waals surface area contributed by atoms with Crippen LogP contribution in [-0.4, -0.2) is 95.9 Å². The zero-order valence-corrected chi connectivity index (χ0v) is 31.2. The van der Waals surface area contributed by atoms with Crippen molar-refractivity contribution < 1.29 is 28.7 Å². The highest BCUT2D eigenvalue weighted by atomic mass is 16.5. The van der Waals surface area contributed by atoms with E-state index in [1.54, 1.807) is 46.2 Å². The second-order valence-corrected chi connectivity index (χ2v) is 14.7. The Labute approximate surface area is 292 Å². The van der Waals surface area contributed by atoms with E-state index < -0.39 is 35.6 Å². The Morgan fingerprint density at radius 1 is 1.08 bits per heavy atom. The number of anilines is 1. The van der Waals surface area contributed by atoms with Crippen LogP contribution in [0.4, 0.5) is 5.69 Å². The molecular formula is C38H59N5O6. The zero-order valence-electron chi connectivity index (χ0n) is 31.2. The normalized spacial score (nSPS) is 18.9. The van der Waals surface area contributed by atoms with E-state index >= 15 is 0 Å². The van der Waals surface area contributed by atoms with Crippen molar-refractivity contribution in [1.29, 1.82) is 0 Å². The van der Waals surface area contributed by atoms with Gasteiger partial charge in [0.15, 0.2) is 5.78 Å². The van der Waals surface area contributed by atoms with Gasteiger partial charge in [-0.15, -0.1) is 0 Å². The topological polar surface area (TPSA) is 144 Å². The fourth-order valence-electron chi connectivity index (χ4n) is 7.05. The quantitative estimate of drug-likeness (QED) is 0.236. The molecule has 0 saturated carbocycles. The highest BCUT2D eigenvalue weighted by molar-refractivity contribution is 5.95. The Hall–Kier alpha value is -3.41. The Kier molecular flexibility index (Phi) is 14.3. The van der Waals surface area contributed by atoms with Gasteiger partial charge >= 0.3 is 0 Å². The van der Waals surface area contributed by atoms with Gasteiger partial charge in [-0.25, -0.2) is 0 Å². The van der Waals surface area contributed by atoms with Crippen molar-refractivity contribution >= 4 is 40.1 Å². The summed E-state index contributed by atoms with van der Waals surface area (Å²) < 4.78 is 11.9. The number of ether oxygens (including phenoxy) is 2. The molecule has 1 saturated heterocycles. The van der Waals surface area contributed by atoms with Crippen LogP contribution in [0.1, 0.15) is 80.6 Å². The molecule has 1 aliphatic heterocycles. The summed E-state index contributed by atoms with van der Waals surface area (Å²) >= 11 is 0. The summed E-state index contributed by atoms with van der Waals surface area (Å²) in [5, 5.41) is 3.94. The van der Waals surface area contributed by atoms with E-state index in [-0.39, 0.29) is 54.2 Å². The molecule has 11 nitrogen and oxygen atoms in total. The van der Waals surface area contributed by atoms with Gasteiger partial charge in [-0.2, -0.15) is 0 Å². The molecule has 1 aromatic heterocycles. The average molecular weight is 682 g/mol. The molecule has 11 heteroatoms. The van der Waals surface area contributed by atoms with Crippen LogP contribution in [-0.2, 0) is 28.7 Å². The van der Waals surface area contributed by atoms with Crippen molar-refractivity contribution in [2.24, 2.45) is 29.4 Å². The van der Waals surface area contributed by atoms with Gasteiger partial charge in [0.05, 0.1) is 47.7 Å². The Balaban J connectivity index is 1.77. The van der Waals surface area contributed by atoms with E-state index in [1.807, 2.05) is 62.9 Å². The molecule has 3 N–H and O–H groups in total. The third-order valence-electron chi connectivity index (χ3n) is 10.4. The van der Waals surface area contributed by atoms with Gasteiger partial charge < -0.3 is 30.3 Å². The van der Waals surface area contributed by atoms with Crippen LogP contribution in [0.2, 0.25) is 0 Å². The third-order valence-corrected chi connectivity index (χ3v) is 10.4. The minimum atomic E-state index is -1.04. The molecule has 0 bridgehead atoms. The molecule has 49 heavy (non-hydrogen) atoms. The van der Waals surface area contributed by atoms with Gasteiger partial charge in [0.25, 0.3) is 0 Å². The second-order valence-electron chi connectivity index (χ2n) is 14.7. The molecule has 3 amide bonds. The Morgan fingerprint density at radius 2 is 1.78 bits per heavy atom. The van der Waals surface area contributed by atoms with Crippen LogP contribution in [0.5, 0.6) is 0 Å². The van der Waals surface area contributed by atoms with E-state index in [1.165, 1.54) is 0 Å². The van der Waals surface area contributed by atoms with Crippen LogP contribution in [0.25, 0.3) is 10.9 Å². The molecule has 0 aliphatic carbocycles. The van der Waals surface area contributed by atoms with Gasteiger partial charge in [-0.1, -0.05) is 47.1 Å². The summed E-state index contributed by atoms with van der Waals surface area (Å²) in [7, 11) is 4.89. The van der Waals surface area contributed by atoms with E-state index in [0.717, 1.165) is 23.7 Å². The number of hydrogen-bond donors (Lipinski definition) is 2. The van der Waals surface area contributed by atoms with Gasteiger partial charge in [0.1, 0.15) is 0 Å². The number of benzene rings is 1. The third kappa shape index (κ3) is 9.86. The number of Topliss-reactive ketones (excluding diaryl/α,β-unsaturated/α-hetero) is 1. The highest BCUT2D eigenvalue weighted by Crippen LogP contribution is 2.31. The lowest BCUT2D eigenvalue weighted by molar-refractivity contribution is -0.149. The number of carbonyl (C=O) groups is 4. The van der Waals surface area contributed by atoms with Crippen molar-refractivity contribution in [3.05, 3.63) is 36.5 Å². The molecule has 1 aliphatic rings. The predicted octanol–water partition coefficient (Wildman–Crippen LogP) is 5.06. The van der Waals surface area contributed by atoms with Crippen LogP contribution in [0.3, 0.4) is 0 Å². The number of nitrogens with one attached hydrogen (secondary N) is 1. The summed E-state index contributed by atoms with van der Waals surface area (Å²) in [6.07, 6.45) is 2.97. The Bertz CT molecular complexity index is 1440. The SMILES string of the molecule is CCC(C)C(C(CC(=O)N1CCCC1C(OC)C(C)C(=O)Nc1ccc2ncccc2c1)OC)N(C)C(=O)C(CC(=O)C(C)(C)N)C(C)C. The molecule has 0 spiro atoms. The number of likely N-dealkylation sites (tertiary alicyclic amines) is 1. The van der Waals surface area contributed by atoms with Crippen LogP contribution >= 0.6 is 0 Å². The second kappa shape index (κ2) is 17.5. The van der Waals surface area contributed by atoms with Crippen molar-refractivity contribution in [3.8, 4) is 0 Å². The summed E-state index contributed by atoms with van der Waals surface area (Å²) in [4.78, 5) is 62.3.